The molecular formula is C13H17BrN4O2. The van der Waals surface area contributed by atoms with E-state index in [-0.39, 0.29) is 5.91 Å². The molecule has 0 radical (unpaired) electrons. The van der Waals surface area contributed by atoms with Crippen molar-refractivity contribution in [3.05, 3.63) is 22.7 Å². The molecule has 0 saturated heterocycles. The fourth-order valence-corrected chi connectivity index (χ4v) is 2.39. The van der Waals surface area contributed by atoms with Crippen LogP contribution >= 0.6 is 15.9 Å². The van der Waals surface area contributed by atoms with Crippen LogP contribution in [0.2, 0.25) is 0 Å². The molecular weight excluding hydrogens is 324 g/mol. The SMILES string of the molecule is COCCNC(=O)C(C)n1c(N)nc2cc(Br)ccc21. The zero-order valence-electron chi connectivity index (χ0n) is 11.4. The van der Waals surface area contributed by atoms with E-state index in [9.17, 15) is 4.79 Å². The maximum Gasteiger partial charge on any atom is 0.242 e. The molecule has 0 aliphatic heterocycles. The minimum Gasteiger partial charge on any atom is -0.383 e. The summed E-state index contributed by atoms with van der Waals surface area (Å²) in [6.07, 6.45) is 0. The summed E-state index contributed by atoms with van der Waals surface area (Å²) in [7, 11) is 1.59. The van der Waals surface area contributed by atoms with Crippen molar-refractivity contribution in [2.45, 2.75) is 13.0 Å². The normalized spacial score (nSPS) is 12.6. The van der Waals surface area contributed by atoms with Gasteiger partial charge in [0.2, 0.25) is 11.9 Å². The van der Waals surface area contributed by atoms with Gasteiger partial charge < -0.3 is 15.8 Å². The summed E-state index contributed by atoms with van der Waals surface area (Å²) in [6, 6.07) is 5.23. The fourth-order valence-electron chi connectivity index (χ4n) is 2.04. The highest BCUT2D eigenvalue weighted by Crippen LogP contribution is 2.25. The molecule has 1 heterocycles. The van der Waals surface area contributed by atoms with Crippen LogP contribution in [0, 0.1) is 0 Å². The number of rotatable bonds is 5. The van der Waals surface area contributed by atoms with Crippen LogP contribution in [0.5, 0.6) is 0 Å². The van der Waals surface area contributed by atoms with Crippen LogP contribution < -0.4 is 11.1 Å². The first-order valence-corrected chi connectivity index (χ1v) is 7.03. The number of imidazole rings is 1. The van der Waals surface area contributed by atoms with Crippen LogP contribution in [0.4, 0.5) is 5.95 Å². The Labute approximate surface area is 125 Å². The standard InChI is InChI=1S/C13H17BrN4O2/c1-8(12(19)16-5-6-20-2)18-11-4-3-9(14)7-10(11)17-13(18)15/h3-4,7-8H,5-6H2,1-2H3,(H2,15,17)(H,16,19). The molecule has 1 unspecified atom stereocenters. The van der Waals surface area contributed by atoms with E-state index in [1.165, 1.54) is 0 Å². The molecule has 2 aromatic rings. The number of benzene rings is 1. The van der Waals surface area contributed by atoms with E-state index in [4.69, 9.17) is 10.5 Å². The molecule has 0 aliphatic carbocycles. The molecule has 2 rings (SSSR count). The monoisotopic (exact) mass is 340 g/mol. The van der Waals surface area contributed by atoms with E-state index in [0.29, 0.717) is 19.1 Å². The molecule has 1 aromatic carbocycles. The number of nitrogen functional groups attached to an aromatic ring is 1. The summed E-state index contributed by atoms with van der Waals surface area (Å²) in [5.74, 6) is 0.212. The van der Waals surface area contributed by atoms with Gasteiger partial charge in [-0.2, -0.15) is 0 Å². The minimum absolute atomic E-state index is 0.115. The van der Waals surface area contributed by atoms with Crippen molar-refractivity contribution in [2.75, 3.05) is 26.0 Å². The fraction of sp³-hybridized carbons (Fsp3) is 0.385. The number of amides is 1. The van der Waals surface area contributed by atoms with Crippen LogP contribution in [-0.2, 0) is 9.53 Å². The van der Waals surface area contributed by atoms with Crippen molar-refractivity contribution in [1.82, 2.24) is 14.9 Å². The molecule has 0 aliphatic rings. The number of halogens is 1. The number of nitrogens with two attached hydrogens (primary N) is 1. The molecule has 108 valence electrons. The van der Waals surface area contributed by atoms with Gasteiger partial charge in [-0.05, 0) is 25.1 Å². The van der Waals surface area contributed by atoms with Crippen molar-refractivity contribution < 1.29 is 9.53 Å². The number of hydrogen-bond donors (Lipinski definition) is 2. The lowest BCUT2D eigenvalue weighted by molar-refractivity contribution is -0.123. The Kier molecular flexibility index (Phi) is 4.61. The highest BCUT2D eigenvalue weighted by atomic mass is 79.9. The largest absolute Gasteiger partial charge is 0.383 e. The number of fused-ring (bicyclic) bond motifs is 1. The first-order chi connectivity index (χ1) is 9.54. The second kappa shape index (κ2) is 6.23. The molecule has 0 saturated carbocycles. The third-order valence-electron chi connectivity index (χ3n) is 3.05. The number of nitrogens with one attached hydrogen (secondary N) is 1. The quantitative estimate of drug-likeness (QED) is 0.811. The number of carbonyl (C=O) groups excluding carboxylic acids is 1. The molecule has 20 heavy (non-hydrogen) atoms. The first kappa shape index (κ1) is 14.8. The van der Waals surface area contributed by atoms with Gasteiger partial charge in [0.15, 0.2) is 0 Å². The molecule has 0 spiro atoms. The summed E-state index contributed by atoms with van der Waals surface area (Å²) < 4.78 is 7.56. The van der Waals surface area contributed by atoms with Crippen molar-refractivity contribution in [2.24, 2.45) is 0 Å². The summed E-state index contributed by atoms with van der Waals surface area (Å²) in [4.78, 5) is 16.4. The van der Waals surface area contributed by atoms with E-state index in [2.05, 4.69) is 26.2 Å². The zero-order valence-corrected chi connectivity index (χ0v) is 13.0. The number of aromatic nitrogens is 2. The lowest BCUT2D eigenvalue weighted by Crippen LogP contribution is -2.33. The smallest absolute Gasteiger partial charge is 0.242 e. The first-order valence-electron chi connectivity index (χ1n) is 6.24. The Bertz CT molecular complexity index is 626. The average molecular weight is 341 g/mol. The summed E-state index contributed by atoms with van der Waals surface area (Å²) in [5.41, 5.74) is 7.52. The van der Waals surface area contributed by atoms with Gasteiger partial charge in [0.05, 0.1) is 17.6 Å². The number of nitrogens with zero attached hydrogens (tertiary/aromatic N) is 2. The predicted octanol–water partition coefficient (Wildman–Crippen LogP) is 1.70. The molecule has 7 heteroatoms. The third kappa shape index (κ3) is 2.94. The Hall–Kier alpha value is -1.60. The maximum absolute atomic E-state index is 12.1. The summed E-state index contributed by atoms with van der Waals surface area (Å²) >= 11 is 3.39. The minimum atomic E-state index is -0.432. The highest BCUT2D eigenvalue weighted by Gasteiger charge is 2.20. The van der Waals surface area contributed by atoms with E-state index in [1.54, 1.807) is 18.6 Å². The van der Waals surface area contributed by atoms with Crippen LogP contribution in [0.15, 0.2) is 22.7 Å². The van der Waals surface area contributed by atoms with Gasteiger partial charge >= 0.3 is 0 Å². The zero-order chi connectivity index (χ0) is 14.7. The molecule has 0 fully saturated rings. The lowest BCUT2D eigenvalue weighted by atomic mass is 10.2. The van der Waals surface area contributed by atoms with Crippen LogP contribution in [0.25, 0.3) is 11.0 Å². The number of carbonyl (C=O) groups is 1. The summed E-state index contributed by atoms with van der Waals surface area (Å²) in [5, 5.41) is 2.80. The molecule has 1 amide bonds. The van der Waals surface area contributed by atoms with Gasteiger partial charge in [-0.1, -0.05) is 15.9 Å². The van der Waals surface area contributed by atoms with Crippen molar-refractivity contribution in [1.29, 1.82) is 0 Å². The van der Waals surface area contributed by atoms with Gasteiger partial charge in [-0.25, -0.2) is 4.98 Å². The number of methoxy groups -OCH3 is 1. The maximum atomic E-state index is 12.1. The number of anilines is 1. The Morgan fingerprint density at radius 3 is 3.05 bits per heavy atom. The molecule has 1 atom stereocenters. The van der Waals surface area contributed by atoms with Crippen molar-refractivity contribution in [3.8, 4) is 0 Å². The van der Waals surface area contributed by atoms with Gasteiger partial charge in [0.25, 0.3) is 0 Å². The second-order valence-electron chi connectivity index (χ2n) is 4.43. The highest BCUT2D eigenvalue weighted by molar-refractivity contribution is 9.10. The Balaban J connectivity index is 2.27. The topological polar surface area (TPSA) is 82.2 Å². The average Bonchev–Trinajstić information content (AvgIpc) is 2.73. The van der Waals surface area contributed by atoms with Crippen LogP contribution in [-0.4, -0.2) is 35.7 Å². The summed E-state index contributed by atoms with van der Waals surface area (Å²) in [6.45, 7) is 2.74. The Morgan fingerprint density at radius 1 is 1.60 bits per heavy atom. The van der Waals surface area contributed by atoms with E-state index in [1.807, 2.05) is 18.2 Å². The van der Waals surface area contributed by atoms with E-state index >= 15 is 0 Å². The van der Waals surface area contributed by atoms with E-state index in [0.717, 1.165) is 15.5 Å². The van der Waals surface area contributed by atoms with Crippen LogP contribution in [0.1, 0.15) is 13.0 Å². The number of ether oxygens (including phenoxy) is 1. The third-order valence-corrected chi connectivity index (χ3v) is 3.54. The second-order valence-corrected chi connectivity index (χ2v) is 5.35. The van der Waals surface area contributed by atoms with Crippen molar-refractivity contribution in [3.63, 3.8) is 0 Å². The number of hydrogen-bond acceptors (Lipinski definition) is 4. The predicted molar refractivity (Wildman–Crippen MR) is 81.4 cm³/mol. The van der Waals surface area contributed by atoms with Gasteiger partial charge in [-0.3, -0.25) is 9.36 Å². The molecule has 0 bridgehead atoms. The van der Waals surface area contributed by atoms with Crippen molar-refractivity contribution >= 4 is 38.8 Å². The van der Waals surface area contributed by atoms with Crippen LogP contribution in [0.3, 0.4) is 0 Å². The lowest BCUT2D eigenvalue weighted by Gasteiger charge is -2.15. The molecule has 3 N–H and O–H groups in total. The van der Waals surface area contributed by atoms with Gasteiger partial charge in [0, 0.05) is 18.1 Å². The van der Waals surface area contributed by atoms with E-state index < -0.39 is 6.04 Å². The molecule has 1 aromatic heterocycles. The van der Waals surface area contributed by atoms with Gasteiger partial charge in [-0.15, -0.1) is 0 Å². The Morgan fingerprint density at radius 2 is 2.35 bits per heavy atom. The van der Waals surface area contributed by atoms with Gasteiger partial charge in [0.1, 0.15) is 6.04 Å². The molecule has 6 nitrogen and oxygen atoms in total.